The first-order valence-electron chi connectivity index (χ1n) is 9.45. The van der Waals surface area contributed by atoms with Gasteiger partial charge in [-0.1, -0.05) is 37.1 Å². The Morgan fingerprint density at radius 2 is 1.69 bits per heavy atom. The number of halogens is 1. The van der Waals surface area contributed by atoms with Crippen molar-refractivity contribution in [2.24, 2.45) is 23.2 Å². The summed E-state index contributed by atoms with van der Waals surface area (Å²) in [5.74, 6) is 0.855. The van der Waals surface area contributed by atoms with Gasteiger partial charge in [-0.15, -0.1) is 0 Å². The van der Waals surface area contributed by atoms with E-state index in [2.05, 4.69) is 33.8 Å². The van der Waals surface area contributed by atoms with Crippen LogP contribution in [0, 0.1) is 23.2 Å². The zero-order chi connectivity index (χ0) is 19.1. The fourth-order valence-electron chi connectivity index (χ4n) is 4.23. The predicted octanol–water partition coefficient (Wildman–Crippen LogP) is 5.00. The molecule has 1 aliphatic carbocycles. The fraction of sp³-hybridized carbons (Fsp3) is 0.545. The Balaban J connectivity index is 1.59. The summed E-state index contributed by atoms with van der Waals surface area (Å²) in [7, 11) is 0. The maximum absolute atomic E-state index is 12.9. The summed E-state index contributed by atoms with van der Waals surface area (Å²) in [5.41, 5.74) is 2.03. The molecule has 1 aliphatic heterocycles. The fourth-order valence-corrected chi connectivity index (χ4v) is 4.35. The SMILES string of the molecule is CC(C)=CC1C(C(=O)N2CCC(C(=O)c3ccc(Cl)cc3)CC2)C1(C)C. The molecular formula is C22H28ClNO2. The lowest BCUT2D eigenvalue weighted by molar-refractivity contribution is -0.134. The Morgan fingerprint density at radius 3 is 2.23 bits per heavy atom. The van der Waals surface area contributed by atoms with Gasteiger partial charge >= 0.3 is 0 Å². The van der Waals surface area contributed by atoms with Crippen LogP contribution in [0.4, 0.5) is 0 Å². The van der Waals surface area contributed by atoms with Crippen LogP contribution in [0.3, 0.4) is 0 Å². The van der Waals surface area contributed by atoms with Crippen LogP contribution in [0.2, 0.25) is 5.02 Å². The van der Waals surface area contributed by atoms with E-state index in [0.717, 1.165) is 12.8 Å². The molecule has 2 atom stereocenters. The smallest absolute Gasteiger partial charge is 0.226 e. The second-order valence-corrected chi connectivity index (χ2v) is 8.98. The maximum atomic E-state index is 12.9. The zero-order valence-electron chi connectivity index (χ0n) is 16.1. The highest BCUT2D eigenvalue weighted by Crippen LogP contribution is 2.60. The third kappa shape index (κ3) is 3.73. The largest absolute Gasteiger partial charge is 0.342 e. The number of benzene rings is 1. The molecular weight excluding hydrogens is 346 g/mol. The van der Waals surface area contributed by atoms with Crippen LogP contribution in [-0.4, -0.2) is 29.7 Å². The first-order chi connectivity index (χ1) is 12.2. The summed E-state index contributed by atoms with van der Waals surface area (Å²) in [6.45, 7) is 9.88. The van der Waals surface area contributed by atoms with E-state index in [4.69, 9.17) is 11.6 Å². The standard InChI is InChI=1S/C22H28ClNO2/c1-14(2)13-18-19(22(18,3)4)21(26)24-11-9-16(10-12-24)20(25)15-5-7-17(23)8-6-15/h5-8,13,16,18-19H,9-12H2,1-4H3. The summed E-state index contributed by atoms with van der Waals surface area (Å²) in [6, 6.07) is 7.09. The van der Waals surface area contributed by atoms with Gasteiger partial charge < -0.3 is 4.90 Å². The van der Waals surface area contributed by atoms with Crippen molar-refractivity contribution in [3.05, 3.63) is 46.5 Å². The lowest BCUT2D eigenvalue weighted by Gasteiger charge is -2.32. The van der Waals surface area contributed by atoms with E-state index < -0.39 is 0 Å². The molecule has 0 bridgehead atoms. The molecule has 4 heteroatoms. The third-order valence-corrected chi connectivity index (χ3v) is 6.25. The van der Waals surface area contributed by atoms with Crippen LogP contribution in [0.5, 0.6) is 0 Å². The van der Waals surface area contributed by atoms with Crippen molar-refractivity contribution in [2.75, 3.05) is 13.1 Å². The average molecular weight is 374 g/mol. The molecule has 3 nitrogen and oxygen atoms in total. The highest BCUT2D eigenvalue weighted by atomic mass is 35.5. The molecule has 0 N–H and O–H groups in total. The Morgan fingerprint density at radius 1 is 1.12 bits per heavy atom. The number of amides is 1. The van der Waals surface area contributed by atoms with E-state index in [1.807, 2.05) is 4.90 Å². The number of carbonyl (C=O) groups is 2. The molecule has 1 saturated carbocycles. The van der Waals surface area contributed by atoms with Crippen LogP contribution in [0.25, 0.3) is 0 Å². The number of hydrogen-bond acceptors (Lipinski definition) is 2. The van der Waals surface area contributed by atoms with Crippen LogP contribution >= 0.6 is 11.6 Å². The minimum Gasteiger partial charge on any atom is -0.342 e. The lowest BCUT2D eigenvalue weighted by atomic mass is 9.88. The summed E-state index contributed by atoms with van der Waals surface area (Å²) in [6.07, 6.45) is 3.72. The summed E-state index contributed by atoms with van der Waals surface area (Å²) < 4.78 is 0. The predicted molar refractivity (Wildman–Crippen MR) is 105 cm³/mol. The molecule has 0 aromatic heterocycles. The highest BCUT2D eigenvalue weighted by molar-refractivity contribution is 6.30. The number of ketones is 1. The van der Waals surface area contributed by atoms with E-state index in [9.17, 15) is 9.59 Å². The van der Waals surface area contributed by atoms with Gasteiger partial charge in [-0.25, -0.2) is 0 Å². The van der Waals surface area contributed by atoms with Crippen molar-refractivity contribution in [3.63, 3.8) is 0 Å². The van der Waals surface area contributed by atoms with Gasteiger partial charge in [0.05, 0.1) is 5.92 Å². The van der Waals surface area contributed by atoms with Gasteiger partial charge in [0.2, 0.25) is 5.91 Å². The van der Waals surface area contributed by atoms with Gasteiger partial charge in [0.15, 0.2) is 5.78 Å². The van der Waals surface area contributed by atoms with Gasteiger partial charge in [0, 0.05) is 29.6 Å². The van der Waals surface area contributed by atoms with Crippen molar-refractivity contribution in [1.29, 1.82) is 0 Å². The first-order valence-corrected chi connectivity index (χ1v) is 9.83. The van der Waals surface area contributed by atoms with Gasteiger partial charge in [0.1, 0.15) is 0 Å². The van der Waals surface area contributed by atoms with E-state index in [0.29, 0.717) is 29.6 Å². The zero-order valence-corrected chi connectivity index (χ0v) is 16.8. The highest BCUT2D eigenvalue weighted by Gasteiger charge is 2.61. The molecule has 1 saturated heterocycles. The molecule has 26 heavy (non-hydrogen) atoms. The molecule has 2 fully saturated rings. The van der Waals surface area contributed by atoms with Crippen molar-refractivity contribution in [3.8, 4) is 0 Å². The topological polar surface area (TPSA) is 37.4 Å². The molecule has 0 spiro atoms. The number of hydrogen-bond donors (Lipinski definition) is 0. The molecule has 1 aromatic rings. The molecule has 0 radical (unpaired) electrons. The monoisotopic (exact) mass is 373 g/mol. The quantitative estimate of drug-likeness (QED) is 0.550. The number of allylic oxidation sites excluding steroid dienone is 2. The minimum atomic E-state index is 0.000942. The molecule has 1 heterocycles. The Labute approximate surface area is 161 Å². The first kappa shape index (κ1) is 19.2. The second kappa shape index (κ2) is 7.19. The Hall–Kier alpha value is -1.61. The van der Waals surface area contributed by atoms with Crippen LogP contribution in [-0.2, 0) is 4.79 Å². The Kier molecular flexibility index (Phi) is 5.30. The lowest BCUT2D eigenvalue weighted by Crippen LogP contribution is -2.41. The van der Waals surface area contributed by atoms with Crippen molar-refractivity contribution >= 4 is 23.3 Å². The summed E-state index contributed by atoms with van der Waals surface area (Å²) >= 11 is 5.90. The van der Waals surface area contributed by atoms with Gasteiger partial charge in [-0.05, 0) is 62.3 Å². The molecule has 1 amide bonds. The van der Waals surface area contributed by atoms with Crippen molar-refractivity contribution in [1.82, 2.24) is 4.90 Å². The minimum absolute atomic E-state index is 0.000942. The molecule has 1 aromatic carbocycles. The number of rotatable bonds is 4. The maximum Gasteiger partial charge on any atom is 0.226 e. The molecule has 3 rings (SSSR count). The van der Waals surface area contributed by atoms with Crippen molar-refractivity contribution in [2.45, 2.75) is 40.5 Å². The number of Topliss-reactive ketones (excluding diaryl/α,β-unsaturated/α-hetero) is 1. The second-order valence-electron chi connectivity index (χ2n) is 8.54. The van der Waals surface area contributed by atoms with Gasteiger partial charge in [0.25, 0.3) is 0 Å². The van der Waals surface area contributed by atoms with Crippen LogP contribution in [0.1, 0.15) is 50.9 Å². The molecule has 2 aliphatic rings. The van der Waals surface area contributed by atoms with Crippen LogP contribution < -0.4 is 0 Å². The Bertz CT molecular complexity index is 723. The van der Waals surface area contributed by atoms with E-state index in [1.165, 1.54) is 5.57 Å². The van der Waals surface area contributed by atoms with Gasteiger partial charge in [-0.2, -0.15) is 0 Å². The summed E-state index contributed by atoms with van der Waals surface area (Å²) in [5, 5.41) is 0.639. The number of piperidine rings is 1. The van der Waals surface area contributed by atoms with E-state index in [-0.39, 0.29) is 28.9 Å². The number of likely N-dealkylation sites (tertiary alicyclic amines) is 1. The summed E-state index contributed by atoms with van der Waals surface area (Å²) in [4.78, 5) is 27.6. The number of carbonyl (C=O) groups excluding carboxylic acids is 2. The third-order valence-electron chi connectivity index (χ3n) is 6.00. The number of nitrogens with zero attached hydrogens (tertiary/aromatic N) is 1. The van der Waals surface area contributed by atoms with E-state index in [1.54, 1.807) is 24.3 Å². The normalized spacial score (nSPS) is 24.9. The average Bonchev–Trinajstić information content (AvgIpc) is 3.13. The van der Waals surface area contributed by atoms with Gasteiger partial charge in [-0.3, -0.25) is 9.59 Å². The molecule has 140 valence electrons. The van der Waals surface area contributed by atoms with Crippen molar-refractivity contribution < 1.29 is 9.59 Å². The molecule has 2 unspecified atom stereocenters. The van der Waals surface area contributed by atoms with E-state index >= 15 is 0 Å². The van der Waals surface area contributed by atoms with Crippen LogP contribution in [0.15, 0.2) is 35.9 Å².